The number of hydrogen-bond donors (Lipinski definition) is 1. The average Bonchev–Trinajstić information content (AvgIpc) is 2.77. The van der Waals surface area contributed by atoms with Gasteiger partial charge in [0, 0.05) is 50.5 Å². The molecule has 1 saturated heterocycles. The first-order chi connectivity index (χ1) is 8.15. The third kappa shape index (κ3) is 3.30. The first kappa shape index (κ1) is 12.1. The smallest absolute Gasteiger partial charge is 0.224 e. The number of amides is 1. The zero-order chi connectivity index (χ0) is 12.3. The number of rotatable bonds is 3. The minimum absolute atomic E-state index is 0.235. The van der Waals surface area contributed by atoms with Crippen LogP contribution in [0.25, 0.3) is 0 Å². The Morgan fingerprint density at radius 1 is 1.41 bits per heavy atom. The van der Waals surface area contributed by atoms with Crippen LogP contribution in [0.15, 0.2) is 18.7 Å². The van der Waals surface area contributed by atoms with E-state index in [1.165, 1.54) is 0 Å². The fourth-order valence-corrected chi connectivity index (χ4v) is 2.33. The van der Waals surface area contributed by atoms with Gasteiger partial charge in [-0.05, 0) is 13.8 Å². The molecule has 1 aromatic heterocycles. The molecule has 5 nitrogen and oxygen atoms in total. The molecular formula is C12H20N4O. The van der Waals surface area contributed by atoms with E-state index >= 15 is 0 Å². The average molecular weight is 236 g/mol. The molecular weight excluding hydrogens is 216 g/mol. The van der Waals surface area contributed by atoms with Crippen LogP contribution in [0.3, 0.4) is 0 Å². The Bertz CT molecular complexity index is 353. The van der Waals surface area contributed by atoms with E-state index in [0.29, 0.717) is 25.0 Å². The molecule has 0 aromatic carbocycles. The molecule has 17 heavy (non-hydrogen) atoms. The molecule has 1 aliphatic rings. The van der Waals surface area contributed by atoms with Crippen molar-refractivity contribution in [1.29, 1.82) is 0 Å². The van der Waals surface area contributed by atoms with Crippen LogP contribution in [0.1, 0.15) is 20.3 Å². The molecule has 2 heterocycles. The Morgan fingerprint density at radius 3 is 2.71 bits per heavy atom. The van der Waals surface area contributed by atoms with E-state index in [2.05, 4.69) is 24.1 Å². The van der Waals surface area contributed by atoms with Gasteiger partial charge in [0.1, 0.15) is 0 Å². The van der Waals surface area contributed by atoms with Gasteiger partial charge in [-0.1, -0.05) is 0 Å². The van der Waals surface area contributed by atoms with Crippen molar-refractivity contribution in [2.75, 3.05) is 13.1 Å². The lowest BCUT2D eigenvalue weighted by Gasteiger charge is -2.36. The number of nitrogens with one attached hydrogen (secondary N) is 1. The van der Waals surface area contributed by atoms with Crippen LogP contribution >= 0.6 is 0 Å². The van der Waals surface area contributed by atoms with Gasteiger partial charge in [-0.3, -0.25) is 4.79 Å². The van der Waals surface area contributed by atoms with Crippen molar-refractivity contribution < 1.29 is 4.79 Å². The Hall–Kier alpha value is -1.36. The van der Waals surface area contributed by atoms with Crippen LogP contribution in [0.4, 0.5) is 0 Å². The SMILES string of the molecule is C[C@@H]1CN(C(=O)CCn2ccnc2)C[C@H](C)N1. The molecule has 0 spiro atoms. The van der Waals surface area contributed by atoms with Crippen molar-refractivity contribution in [1.82, 2.24) is 19.8 Å². The summed E-state index contributed by atoms with van der Waals surface area (Å²) in [5, 5.41) is 3.42. The third-order valence-electron chi connectivity index (χ3n) is 3.05. The van der Waals surface area contributed by atoms with E-state index in [-0.39, 0.29) is 5.91 Å². The van der Waals surface area contributed by atoms with E-state index in [1.54, 1.807) is 12.5 Å². The summed E-state index contributed by atoms with van der Waals surface area (Å²) in [7, 11) is 0. The van der Waals surface area contributed by atoms with Crippen molar-refractivity contribution in [3.8, 4) is 0 Å². The highest BCUT2D eigenvalue weighted by molar-refractivity contribution is 5.76. The summed E-state index contributed by atoms with van der Waals surface area (Å²) in [6, 6.07) is 0.770. The van der Waals surface area contributed by atoms with Crippen molar-refractivity contribution in [3.05, 3.63) is 18.7 Å². The highest BCUT2D eigenvalue weighted by atomic mass is 16.2. The number of aryl methyl sites for hydroxylation is 1. The van der Waals surface area contributed by atoms with E-state index in [0.717, 1.165) is 13.1 Å². The summed E-state index contributed by atoms with van der Waals surface area (Å²) in [6.45, 7) is 6.57. The molecule has 0 saturated carbocycles. The Morgan fingerprint density at radius 2 is 2.12 bits per heavy atom. The van der Waals surface area contributed by atoms with Crippen molar-refractivity contribution in [3.63, 3.8) is 0 Å². The van der Waals surface area contributed by atoms with Gasteiger partial charge >= 0.3 is 0 Å². The van der Waals surface area contributed by atoms with Crippen LogP contribution < -0.4 is 5.32 Å². The van der Waals surface area contributed by atoms with Gasteiger partial charge in [0.25, 0.3) is 0 Å². The van der Waals surface area contributed by atoms with E-state index in [4.69, 9.17) is 0 Å². The largest absolute Gasteiger partial charge is 0.340 e. The van der Waals surface area contributed by atoms with Crippen molar-refractivity contribution >= 4 is 5.91 Å². The fourth-order valence-electron chi connectivity index (χ4n) is 2.33. The molecule has 2 atom stereocenters. The van der Waals surface area contributed by atoms with Gasteiger partial charge in [-0.25, -0.2) is 4.98 Å². The van der Waals surface area contributed by atoms with Crippen LogP contribution in [0.5, 0.6) is 0 Å². The Kier molecular flexibility index (Phi) is 3.78. The summed E-state index contributed by atoms with van der Waals surface area (Å²) < 4.78 is 1.94. The molecule has 1 fully saturated rings. The van der Waals surface area contributed by atoms with Gasteiger partial charge < -0.3 is 14.8 Å². The predicted molar refractivity (Wildman–Crippen MR) is 65.5 cm³/mol. The van der Waals surface area contributed by atoms with Crippen LogP contribution in [0.2, 0.25) is 0 Å². The van der Waals surface area contributed by atoms with Gasteiger partial charge in [-0.15, -0.1) is 0 Å². The van der Waals surface area contributed by atoms with Gasteiger partial charge in [0.05, 0.1) is 6.33 Å². The predicted octanol–water partition coefficient (Wildman–Crippen LogP) is 0.482. The normalized spacial score (nSPS) is 24.9. The monoisotopic (exact) mass is 236 g/mol. The number of hydrogen-bond acceptors (Lipinski definition) is 3. The number of imidazole rings is 1. The number of carbonyl (C=O) groups is 1. The van der Waals surface area contributed by atoms with E-state index in [1.807, 2.05) is 15.7 Å². The highest BCUT2D eigenvalue weighted by Crippen LogP contribution is 2.06. The molecule has 0 radical (unpaired) electrons. The topological polar surface area (TPSA) is 50.2 Å². The Balaban J connectivity index is 1.83. The molecule has 1 aliphatic heterocycles. The summed E-state index contributed by atoms with van der Waals surface area (Å²) in [6.07, 6.45) is 5.92. The molecule has 0 unspecified atom stereocenters. The van der Waals surface area contributed by atoms with E-state index < -0.39 is 0 Å². The number of aromatic nitrogens is 2. The Labute approximate surface area is 102 Å². The second-order valence-corrected chi connectivity index (χ2v) is 4.82. The maximum Gasteiger partial charge on any atom is 0.224 e. The maximum absolute atomic E-state index is 12.0. The third-order valence-corrected chi connectivity index (χ3v) is 3.05. The second kappa shape index (κ2) is 5.31. The number of piperazine rings is 1. The molecule has 0 aliphatic carbocycles. The van der Waals surface area contributed by atoms with Crippen LogP contribution in [0, 0.1) is 0 Å². The first-order valence-electron chi connectivity index (χ1n) is 6.14. The number of nitrogens with zero attached hydrogens (tertiary/aromatic N) is 3. The summed E-state index contributed by atoms with van der Waals surface area (Å²) in [4.78, 5) is 18.0. The summed E-state index contributed by atoms with van der Waals surface area (Å²) in [5.74, 6) is 0.235. The lowest BCUT2D eigenvalue weighted by Crippen LogP contribution is -2.55. The molecule has 5 heteroatoms. The molecule has 94 valence electrons. The maximum atomic E-state index is 12.0. The molecule has 0 bridgehead atoms. The minimum atomic E-state index is 0.235. The second-order valence-electron chi connectivity index (χ2n) is 4.82. The zero-order valence-electron chi connectivity index (χ0n) is 10.5. The summed E-state index contributed by atoms with van der Waals surface area (Å²) in [5.41, 5.74) is 0. The van der Waals surface area contributed by atoms with Gasteiger partial charge in [0.15, 0.2) is 0 Å². The quantitative estimate of drug-likeness (QED) is 0.830. The molecule has 2 rings (SSSR count). The molecule has 1 aromatic rings. The van der Waals surface area contributed by atoms with E-state index in [9.17, 15) is 4.79 Å². The van der Waals surface area contributed by atoms with Gasteiger partial charge in [-0.2, -0.15) is 0 Å². The van der Waals surface area contributed by atoms with Gasteiger partial charge in [0.2, 0.25) is 5.91 Å². The number of carbonyl (C=O) groups excluding carboxylic acids is 1. The summed E-state index contributed by atoms with van der Waals surface area (Å²) >= 11 is 0. The van der Waals surface area contributed by atoms with Crippen LogP contribution in [-0.4, -0.2) is 45.5 Å². The molecule has 1 N–H and O–H groups in total. The van der Waals surface area contributed by atoms with Crippen LogP contribution in [-0.2, 0) is 11.3 Å². The first-order valence-corrected chi connectivity index (χ1v) is 6.14. The lowest BCUT2D eigenvalue weighted by molar-refractivity contribution is -0.133. The molecule has 1 amide bonds. The highest BCUT2D eigenvalue weighted by Gasteiger charge is 2.24. The minimum Gasteiger partial charge on any atom is -0.340 e. The van der Waals surface area contributed by atoms with Crippen molar-refractivity contribution in [2.24, 2.45) is 0 Å². The zero-order valence-corrected chi connectivity index (χ0v) is 10.5. The van der Waals surface area contributed by atoms with Crippen molar-refractivity contribution in [2.45, 2.75) is 38.9 Å². The lowest BCUT2D eigenvalue weighted by atomic mass is 10.1. The fraction of sp³-hybridized carbons (Fsp3) is 0.667. The standard InChI is InChI=1S/C12H20N4O/c1-10-7-16(8-11(2)14-10)12(17)3-5-15-6-4-13-9-15/h4,6,9-11,14H,3,5,7-8H2,1-2H3/t10-,11+.